The molecule has 1 unspecified atom stereocenters. The van der Waals surface area contributed by atoms with Crippen LogP contribution in [0.15, 0.2) is 12.1 Å². The van der Waals surface area contributed by atoms with E-state index in [2.05, 4.69) is 19.2 Å². The highest BCUT2D eigenvalue weighted by atomic mass is 35.5. The number of ether oxygens (including phenoxy) is 2. The molecule has 0 bridgehead atoms. The fourth-order valence-corrected chi connectivity index (χ4v) is 3.52. The molecule has 0 saturated heterocycles. The molecule has 1 aromatic rings. The van der Waals surface area contributed by atoms with E-state index in [1.807, 2.05) is 12.1 Å². The van der Waals surface area contributed by atoms with E-state index in [0.717, 1.165) is 17.9 Å². The first-order valence-electron chi connectivity index (χ1n) is 7.38. The molecule has 1 atom stereocenters. The Kier molecular flexibility index (Phi) is 3.83. The minimum Gasteiger partial charge on any atom is -0.454 e. The average molecular weight is 296 g/mol. The van der Waals surface area contributed by atoms with Gasteiger partial charge in [0.1, 0.15) is 0 Å². The third-order valence-corrected chi connectivity index (χ3v) is 4.83. The third-order valence-electron chi connectivity index (χ3n) is 4.55. The Hall–Kier alpha value is -0.930. The summed E-state index contributed by atoms with van der Waals surface area (Å²) in [5, 5.41) is 4.33. The van der Waals surface area contributed by atoms with Crippen LogP contribution in [0, 0.1) is 5.41 Å². The Balaban J connectivity index is 1.68. The van der Waals surface area contributed by atoms with Gasteiger partial charge in [-0.3, -0.25) is 0 Å². The normalized spacial score (nSPS) is 23.9. The number of benzene rings is 1. The van der Waals surface area contributed by atoms with E-state index < -0.39 is 0 Å². The molecule has 110 valence electrons. The molecule has 0 aromatic heterocycles. The van der Waals surface area contributed by atoms with E-state index in [1.165, 1.54) is 25.7 Å². The molecule has 0 radical (unpaired) electrons. The Morgan fingerprint density at radius 1 is 1.30 bits per heavy atom. The van der Waals surface area contributed by atoms with Crippen LogP contribution < -0.4 is 14.8 Å². The van der Waals surface area contributed by atoms with Gasteiger partial charge in [0.15, 0.2) is 11.5 Å². The average Bonchev–Trinajstić information content (AvgIpc) is 2.86. The van der Waals surface area contributed by atoms with Gasteiger partial charge >= 0.3 is 0 Å². The zero-order valence-electron chi connectivity index (χ0n) is 12.2. The maximum atomic E-state index is 6.22. The fourth-order valence-electron chi connectivity index (χ4n) is 3.24. The first-order valence-corrected chi connectivity index (χ1v) is 7.75. The molecule has 1 heterocycles. The van der Waals surface area contributed by atoms with Gasteiger partial charge in [-0.05, 0) is 36.0 Å². The fraction of sp³-hybridized carbons (Fsp3) is 0.625. The minimum atomic E-state index is 0.265. The molecule has 2 aliphatic rings. The van der Waals surface area contributed by atoms with Crippen molar-refractivity contribution in [2.75, 3.05) is 6.79 Å². The number of rotatable bonds is 3. The van der Waals surface area contributed by atoms with Gasteiger partial charge < -0.3 is 14.8 Å². The summed E-state index contributed by atoms with van der Waals surface area (Å²) in [6.07, 6.45) is 5.22. The van der Waals surface area contributed by atoms with E-state index in [1.54, 1.807) is 0 Å². The first kappa shape index (κ1) is 14.0. The molecule has 3 rings (SSSR count). The van der Waals surface area contributed by atoms with Crippen molar-refractivity contribution in [3.05, 3.63) is 22.7 Å². The zero-order valence-corrected chi connectivity index (χ0v) is 12.9. The Morgan fingerprint density at radius 3 is 2.95 bits per heavy atom. The summed E-state index contributed by atoms with van der Waals surface area (Å²) >= 11 is 6.22. The topological polar surface area (TPSA) is 30.5 Å². The van der Waals surface area contributed by atoms with Gasteiger partial charge in [-0.2, -0.15) is 0 Å². The van der Waals surface area contributed by atoms with Crippen molar-refractivity contribution in [3.63, 3.8) is 0 Å². The van der Waals surface area contributed by atoms with Crippen molar-refractivity contribution in [1.82, 2.24) is 5.32 Å². The van der Waals surface area contributed by atoms with Gasteiger partial charge in [0.25, 0.3) is 0 Å². The van der Waals surface area contributed by atoms with Gasteiger partial charge in [0.05, 0.1) is 5.02 Å². The Labute approximate surface area is 125 Å². The van der Waals surface area contributed by atoms with Crippen LogP contribution in [-0.4, -0.2) is 12.8 Å². The van der Waals surface area contributed by atoms with Gasteiger partial charge in [0.2, 0.25) is 6.79 Å². The minimum absolute atomic E-state index is 0.265. The van der Waals surface area contributed by atoms with Crippen LogP contribution in [0.25, 0.3) is 0 Å². The van der Waals surface area contributed by atoms with Gasteiger partial charge in [-0.15, -0.1) is 0 Å². The van der Waals surface area contributed by atoms with Gasteiger partial charge in [-0.1, -0.05) is 38.3 Å². The second-order valence-electron chi connectivity index (χ2n) is 6.48. The molecule has 4 heteroatoms. The molecular formula is C16H22ClNO2. The maximum Gasteiger partial charge on any atom is 0.231 e. The van der Waals surface area contributed by atoms with Crippen molar-refractivity contribution < 1.29 is 9.47 Å². The summed E-state index contributed by atoms with van der Waals surface area (Å²) in [6, 6.07) is 4.56. The number of fused-ring (bicyclic) bond motifs is 1. The highest BCUT2D eigenvalue weighted by Gasteiger charge is 2.31. The van der Waals surface area contributed by atoms with Crippen molar-refractivity contribution in [2.24, 2.45) is 5.41 Å². The van der Waals surface area contributed by atoms with Crippen LogP contribution in [0.5, 0.6) is 11.5 Å². The van der Waals surface area contributed by atoms with E-state index in [4.69, 9.17) is 21.1 Å². The van der Waals surface area contributed by atoms with Gasteiger partial charge in [0, 0.05) is 12.6 Å². The van der Waals surface area contributed by atoms with E-state index in [9.17, 15) is 0 Å². The molecular weight excluding hydrogens is 274 g/mol. The molecule has 3 nitrogen and oxygen atoms in total. The Bertz CT molecular complexity index is 501. The summed E-state index contributed by atoms with van der Waals surface area (Å²) in [5.74, 6) is 1.44. The van der Waals surface area contributed by atoms with Crippen molar-refractivity contribution in [2.45, 2.75) is 52.1 Å². The summed E-state index contributed by atoms with van der Waals surface area (Å²) < 4.78 is 10.8. The van der Waals surface area contributed by atoms with Crippen LogP contribution in [0.3, 0.4) is 0 Å². The predicted octanol–water partition coefficient (Wildman–Crippen LogP) is 4.13. The highest BCUT2D eigenvalue weighted by molar-refractivity contribution is 6.32. The maximum absolute atomic E-state index is 6.22. The lowest BCUT2D eigenvalue weighted by Gasteiger charge is -2.39. The molecule has 1 saturated carbocycles. The lowest BCUT2D eigenvalue weighted by Crippen LogP contribution is -2.43. The predicted molar refractivity (Wildman–Crippen MR) is 80.5 cm³/mol. The van der Waals surface area contributed by atoms with Crippen LogP contribution >= 0.6 is 11.6 Å². The van der Waals surface area contributed by atoms with E-state index >= 15 is 0 Å². The van der Waals surface area contributed by atoms with E-state index in [0.29, 0.717) is 22.2 Å². The largest absolute Gasteiger partial charge is 0.454 e. The molecule has 1 N–H and O–H groups in total. The van der Waals surface area contributed by atoms with Crippen molar-refractivity contribution >= 4 is 11.6 Å². The molecule has 0 amide bonds. The number of hydrogen-bond donors (Lipinski definition) is 1. The molecule has 20 heavy (non-hydrogen) atoms. The highest BCUT2D eigenvalue weighted by Crippen LogP contribution is 2.40. The number of halogens is 1. The lowest BCUT2D eigenvalue weighted by molar-refractivity contribution is 0.166. The third kappa shape index (κ3) is 2.75. The molecule has 0 spiro atoms. The molecule has 1 aromatic carbocycles. The summed E-state index contributed by atoms with van der Waals surface area (Å²) in [6.45, 7) is 5.80. The molecule has 1 aliphatic heterocycles. The second-order valence-corrected chi connectivity index (χ2v) is 6.89. The monoisotopic (exact) mass is 295 g/mol. The smallest absolute Gasteiger partial charge is 0.231 e. The van der Waals surface area contributed by atoms with Crippen molar-refractivity contribution in [1.29, 1.82) is 0 Å². The summed E-state index contributed by atoms with van der Waals surface area (Å²) in [4.78, 5) is 0. The first-order chi connectivity index (χ1) is 9.56. The van der Waals surface area contributed by atoms with Crippen molar-refractivity contribution in [3.8, 4) is 11.5 Å². The Morgan fingerprint density at radius 2 is 2.15 bits per heavy atom. The zero-order chi connectivity index (χ0) is 14.2. The van der Waals surface area contributed by atoms with Crippen LogP contribution in [0.1, 0.15) is 45.1 Å². The van der Waals surface area contributed by atoms with E-state index in [-0.39, 0.29) is 6.79 Å². The number of nitrogens with one attached hydrogen (secondary N) is 1. The van der Waals surface area contributed by atoms with Gasteiger partial charge in [-0.25, -0.2) is 0 Å². The summed E-state index contributed by atoms with van der Waals surface area (Å²) in [7, 11) is 0. The SMILES string of the molecule is CC1(C)CCCCC1NCc1cc(Cl)c2c(c1)OCO2. The molecule has 1 fully saturated rings. The molecule has 1 aliphatic carbocycles. The quantitative estimate of drug-likeness (QED) is 0.909. The lowest BCUT2D eigenvalue weighted by atomic mass is 9.73. The van der Waals surface area contributed by atoms with Crippen LogP contribution in [0.4, 0.5) is 0 Å². The standard InChI is InChI=1S/C16H22ClNO2/c1-16(2)6-4-3-5-14(16)18-9-11-7-12(17)15-13(8-11)19-10-20-15/h7-8,14,18H,3-6,9-10H2,1-2H3. The van der Waals surface area contributed by atoms with Crippen LogP contribution in [0.2, 0.25) is 5.02 Å². The summed E-state index contributed by atoms with van der Waals surface area (Å²) in [5.41, 5.74) is 1.53. The van der Waals surface area contributed by atoms with Crippen LogP contribution in [-0.2, 0) is 6.54 Å². The second kappa shape index (κ2) is 5.45. The number of hydrogen-bond acceptors (Lipinski definition) is 3.